The van der Waals surface area contributed by atoms with Crippen molar-refractivity contribution in [1.82, 2.24) is 10.1 Å². The summed E-state index contributed by atoms with van der Waals surface area (Å²) in [6, 6.07) is 9.07. The fourth-order valence-electron chi connectivity index (χ4n) is 1.66. The van der Waals surface area contributed by atoms with E-state index in [-0.39, 0.29) is 5.75 Å². The van der Waals surface area contributed by atoms with E-state index in [1.807, 2.05) is 25.1 Å². The van der Waals surface area contributed by atoms with Crippen molar-refractivity contribution in [2.45, 2.75) is 6.92 Å². The van der Waals surface area contributed by atoms with Crippen molar-refractivity contribution in [2.24, 2.45) is 0 Å². The largest absolute Gasteiger partial charge is 0.508 e. The highest BCUT2D eigenvalue weighted by Gasteiger charge is 2.12. The normalized spacial score (nSPS) is 10.8. The highest BCUT2D eigenvalue weighted by molar-refractivity contribution is 9.11. The van der Waals surface area contributed by atoms with Crippen molar-refractivity contribution in [2.75, 3.05) is 0 Å². The van der Waals surface area contributed by atoms with Crippen molar-refractivity contribution >= 4 is 27.3 Å². The predicted molar refractivity (Wildman–Crippen MR) is 77.1 cm³/mol. The van der Waals surface area contributed by atoms with E-state index in [0.717, 1.165) is 19.8 Å². The molecule has 2 aromatic heterocycles. The Morgan fingerprint density at radius 1 is 1.26 bits per heavy atom. The van der Waals surface area contributed by atoms with Gasteiger partial charge in [-0.15, -0.1) is 11.3 Å². The van der Waals surface area contributed by atoms with Crippen molar-refractivity contribution in [1.29, 1.82) is 0 Å². The summed E-state index contributed by atoms with van der Waals surface area (Å²) in [6.07, 6.45) is 0. The molecule has 96 valence electrons. The van der Waals surface area contributed by atoms with Crippen LogP contribution >= 0.6 is 27.3 Å². The summed E-state index contributed by atoms with van der Waals surface area (Å²) in [5.41, 5.74) is 1.57. The number of aromatic nitrogens is 2. The molecule has 4 nitrogen and oxygen atoms in total. The number of hydrogen-bond acceptors (Lipinski definition) is 5. The number of nitrogens with zero attached hydrogens (tertiary/aromatic N) is 2. The molecular formula is C13H9BrN2O2S. The second-order valence-electron chi connectivity index (χ2n) is 4.03. The Kier molecular flexibility index (Phi) is 3.12. The number of hydrogen-bond donors (Lipinski definition) is 1. The minimum atomic E-state index is 0.255. The molecule has 0 atom stereocenters. The van der Waals surface area contributed by atoms with E-state index in [9.17, 15) is 5.11 Å². The zero-order valence-corrected chi connectivity index (χ0v) is 12.3. The Morgan fingerprint density at radius 2 is 2.11 bits per heavy atom. The quantitative estimate of drug-likeness (QED) is 0.760. The lowest BCUT2D eigenvalue weighted by Gasteiger charge is -1.99. The van der Waals surface area contributed by atoms with E-state index in [4.69, 9.17) is 4.52 Å². The first-order valence-corrected chi connectivity index (χ1v) is 7.14. The zero-order valence-electron chi connectivity index (χ0n) is 9.92. The SMILES string of the molecule is Cc1cc(-c2nc(-c3ccc(Br)s3)no2)ccc1O. The van der Waals surface area contributed by atoms with Gasteiger partial charge in [0, 0.05) is 5.56 Å². The summed E-state index contributed by atoms with van der Waals surface area (Å²) in [4.78, 5) is 5.31. The van der Waals surface area contributed by atoms with Crippen molar-refractivity contribution in [3.63, 3.8) is 0 Å². The average Bonchev–Trinajstić information content (AvgIpc) is 3.01. The van der Waals surface area contributed by atoms with Gasteiger partial charge in [0.05, 0.1) is 8.66 Å². The number of rotatable bonds is 2. The number of phenolic OH excluding ortho intramolecular Hbond substituents is 1. The number of benzene rings is 1. The maximum absolute atomic E-state index is 9.51. The molecule has 1 aromatic carbocycles. The number of thiophene rings is 1. The molecule has 2 heterocycles. The fraction of sp³-hybridized carbons (Fsp3) is 0.0769. The first kappa shape index (κ1) is 12.4. The average molecular weight is 337 g/mol. The standard InChI is InChI=1S/C13H9BrN2O2S/c1-7-6-8(2-3-9(7)17)13-15-12(16-18-13)10-4-5-11(14)19-10/h2-6,17H,1H3. The maximum Gasteiger partial charge on any atom is 0.258 e. The van der Waals surface area contributed by atoms with E-state index in [1.165, 1.54) is 0 Å². The molecule has 0 saturated heterocycles. The summed E-state index contributed by atoms with van der Waals surface area (Å²) < 4.78 is 6.28. The molecule has 0 aliphatic carbocycles. The lowest BCUT2D eigenvalue weighted by molar-refractivity contribution is 0.432. The van der Waals surface area contributed by atoms with Gasteiger partial charge in [0.15, 0.2) is 0 Å². The van der Waals surface area contributed by atoms with Crippen LogP contribution in [0, 0.1) is 6.92 Å². The van der Waals surface area contributed by atoms with Gasteiger partial charge in [-0.3, -0.25) is 0 Å². The van der Waals surface area contributed by atoms with Gasteiger partial charge < -0.3 is 9.63 Å². The third-order valence-electron chi connectivity index (χ3n) is 2.66. The van der Waals surface area contributed by atoms with Gasteiger partial charge in [0.1, 0.15) is 5.75 Å². The molecule has 1 N–H and O–H groups in total. The molecule has 19 heavy (non-hydrogen) atoms. The second kappa shape index (κ2) is 4.79. The summed E-state index contributed by atoms with van der Waals surface area (Å²) in [5, 5.41) is 13.5. The third kappa shape index (κ3) is 2.41. The van der Waals surface area contributed by atoms with Crippen LogP contribution in [0.5, 0.6) is 5.75 Å². The molecule has 0 spiro atoms. The van der Waals surface area contributed by atoms with Gasteiger partial charge in [-0.05, 0) is 58.7 Å². The number of phenols is 1. The van der Waals surface area contributed by atoms with Crippen LogP contribution in [0.3, 0.4) is 0 Å². The number of halogens is 1. The molecule has 0 aliphatic heterocycles. The molecular weight excluding hydrogens is 328 g/mol. The van der Waals surface area contributed by atoms with Gasteiger partial charge in [-0.1, -0.05) is 5.16 Å². The van der Waals surface area contributed by atoms with Crippen LogP contribution in [0.1, 0.15) is 5.56 Å². The van der Waals surface area contributed by atoms with Gasteiger partial charge in [-0.25, -0.2) is 0 Å². The Morgan fingerprint density at radius 3 is 2.79 bits per heavy atom. The Bertz CT molecular complexity index is 736. The molecule has 0 radical (unpaired) electrons. The summed E-state index contributed by atoms with van der Waals surface area (Å²) in [7, 11) is 0. The van der Waals surface area contributed by atoms with Crippen LogP contribution in [0.2, 0.25) is 0 Å². The van der Waals surface area contributed by atoms with Gasteiger partial charge in [-0.2, -0.15) is 4.98 Å². The van der Waals surface area contributed by atoms with Crippen LogP contribution in [0.4, 0.5) is 0 Å². The van der Waals surface area contributed by atoms with E-state index >= 15 is 0 Å². The minimum Gasteiger partial charge on any atom is -0.508 e. The minimum absolute atomic E-state index is 0.255. The zero-order chi connectivity index (χ0) is 13.4. The Labute approximate surface area is 121 Å². The molecule has 6 heteroatoms. The summed E-state index contributed by atoms with van der Waals surface area (Å²) >= 11 is 4.95. The molecule has 0 saturated carbocycles. The third-order valence-corrected chi connectivity index (χ3v) is 4.28. The number of aromatic hydroxyl groups is 1. The number of aryl methyl sites for hydroxylation is 1. The van der Waals surface area contributed by atoms with Gasteiger partial charge in [0.2, 0.25) is 5.82 Å². The molecule has 0 aliphatic rings. The highest BCUT2D eigenvalue weighted by Crippen LogP contribution is 2.31. The summed E-state index contributed by atoms with van der Waals surface area (Å²) in [6.45, 7) is 1.83. The van der Waals surface area contributed by atoms with Gasteiger partial charge >= 0.3 is 0 Å². The highest BCUT2D eigenvalue weighted by atomic mass is 79.9. The van der Waals surface area contributed by atoms with Crippen molar-refractivity contribution < 1.29 is 9.63 Å². The van der Waals surface area contributed by atoms with Crippen LogP contribution in [0.25, 0.3) is 22.2 Å². The molecule has 0 amide bonds. The molecule has 0 bridgehead atoms. The molecule has 0 unspecified atom stereocenters. The van der Waals surface area contributed by atoms with Crippen LogP contribution in [-0.4, -0.2) is 15.2 Å². The Hall–Kier alpha value is -1.66. The van der Waals surface area contributed by atoms with E-state index in [1.54, 1.807) is 23.5 Å². The van der Waals surface area contributed by atoms with Crippen molar-refractivity contribution in [3.8, 4) is 27.9 Å². The lowest BCUT2D eigenvalue weighted by atomic mass is 10.1. The smallest absolute Gasteiger partial charge is 0.258 e. The van der Waals surface area contributed by atoms with Gasteiger partial charge in [0.25, 0.3) is 5.89 Å². The van der Waals surface area contributed by atoms with E-state index < -0.39 is 0 Å². The Balaban J connectivity index is 1.98. The monoisotopic (exact) mass is 336 g/mol. The molecule has 0 fully saturated rings. The predicted octanol–water partition coefficient (Wildman–Crippen LogP) is 4.24. The van der Waals surface area contributed by atoms with Crippen molar-refractivity contribution in [3.05, 3.63) is 39.7 Å². The first-order valence-electron chi connectivity index (χ1n) is 5.53. The molecule has 3 aromatic rings. The summed E-state index contributed by atoms with van der Waals surface area (Å²) in [5.74, 6) is 1.27. The second-order valence-corrected chi connectivity index (χ2v) is 6.49. The van der Waals surface area contributed by atoms with Crippen LogP contribution < -0.4 is 0 Å². The topological polar surface area (TPSA) is 59.2 Å². The molecule has 3 rings (SSSR count). The first-order chi connectivity index (χ1) is 9.13. The van der Waals surface area contributed by atoms with Crippen LogP contribution in [0.15, 0.2) is 38.6 Å². The lowest BCUT2D eigenvalue weighted by Crippen LogP contribution is -1.81. The van der Waals surface area contributed by atoms with E-state index in [2.05, 4.69) is 26.1 Å². The maximum atomic E-state index is 9.51. The van der Waals surface area contributed by atoms with E-state index in [0.29, 0.717) is 11.7 Å². The fourth-order valence-corrected chi connectivity index (χ4v) is 2.98. The van der Waals surface area contributed by atoms with Crippen LogP contribution in [-0.2, 0) is 0 Å².